The van der Waals surface area contributed by atoms with Gasteiger partial charge in [0.1, 0.15) is 12.0 Å². The van der Waals surface area contributed by atoms with Gasteiger partial charge in [0.15, 0.2) is 0 Å². The highest BCUT2D eigenvalue weighted by molar-refractivity contribution is 7.89. The topological polar surface area (TPSA) is 83.5 Å². The van der Waals surface area contributed by atoms with Crippen LogP contribution in [0, 0.1) is 17.7 Å². The van der Waals surface area contributed by atoms with Gasteiger partial charge < -0.3 is 5.11 Å². The Kier molecular flexibility index (Phi) is 7.91. The summed E-state index contributed by atoms with van der Waals surface area (Å²) in [4.78, 5) is 10.4. The summed E-state index contributed by atoms with van der Waals surface area (Å²) in [6.07, 6.45) is 5.50. The molecule has 27 heavy (non-hydrogen) atoms. The molecule has 0 aromatic heterocycles. The zero-order valence-corrected chi connectivity index (χ0v) is 15.8. The van der Waals surface area contributed by atoms with Gasteiger partial charge in [-0.25, -0.2) is 21.9 Å². The minimum Gasteiger partial charge on any atom is -0.481 e. The van der Waals surface area contributed by atoms with Crippen LogP contribution in [0.2, 0.25) is 0 Å². The van der Waals surface area contributed by atoms with E-state index in [9.17, 15) is 22.0 Å². The number of hydrogen-bond acceptors (Lipinski definition) is 3. The summed E-state index contributed by atoms with van der Waals surface area (Å²) < 4.78 is 54.2. The van der Waals surface area contributed by atoms with Crippen molar-refractivity contribution in [3.63, 3.8) is 0 Å². The lowest BCUT2D eigenvalue weighted by Crippen LogP contribution is -2.32. The zero-order chi connectivity index (χ0) is 19.9. The molecule has 2 rings (SSSR count). The summed E-state index contributed by atoms with van der Waals surface area (Å²) in [5.41, 5.74) is 0. The molecule has 1 saturated carbocycles. The van der Waals surface area contributed by atoms with Crippen LogP contribution in [0.3, 0.4) is 0 Å². The fourth-order valence-corrected chi connectivity index (χ4v) is 4.44. The van der Waals surface area contributed by atoms with Crippen molar-refractivity contribution in [1.29, 1.82) is 0 Å². The molecule has 0 heterocycles. The maximum atomic E-state index is 14.2. The molecular formula is C19H25F2NO4S. The van der Waals surface area contributed by atoms with Crippen LogP contribution in [0.15, 0.2) is 41.3 Å². The number of nitrogens with one attached hydrogen (secondary N) is 1. The van der Waals surface area contributed by atoms with Crippen molar-refractivity contribution in [3.8, 4) is 0 Å². The van der Waals surface area contributed by atoms with Gasteiger partial charge in [-0.05, 0) is 68.2 Å². The van der Waals surface area contributed by atoms with Crippen molar-refractivity contribution in [2.75, 3.05) is 6.54 Å². The molecule has 0 amide bonds. The smallest absolute Gasteiger partial charge is 0.303 e. The highest BCUT2D eigenvalue weighted by atomic mass is 32.2. The van der Waals surface area contributed by atoms with Crippen molar-refractivity contribution >= 4 is 16.0 Å². The number of halogens is 2. The molecule has 0 spiro atoms. The lowest BCUT2D eigenvalue weighted by Gasteiger charge is -2.20. The number of carbonyl (C=O) groups is 1. The monoisotopic (exact) mass is 401 g/mol. The Hall–Kier alpha value is -1.80. The second-order valence-electron chi connectivity index (χ2n) is 6.82. The number of benzene rings is 1. The number of sulfonamides is 1. The van der Waals surface area contributed by atoms with Crippen LogP contribution in [-0.4, -0.2) is 32.2 Å². The molecular weight excluding hydrogens is 376 g/mol. The molecule has 8 heteroatoms. The molecule has 2 N–H and O–H groups in total. The maximum Gasteiger partial charge on any atom is 0.303 e. The summed E-state index contributed by atoms with van der Waals surface area (Å²) in [6, 6.07) is 4.56. The van der Waals surface area contributed by atoms with Gasteiger partial charge in [-0.1, -0.05) is 12.2 Å². The molecule has 0 saturated heterocycles. The number of carboxylic acids is 1. The summed E-state index contributed by atoms with van der Waals surface area (Å²) >= 11 is 0. The van der Waals surface area contributed by atoms with Crippen LogP contribution in [0.4, 0.5) is 8.78 Å². The summed E-state index contributed by atoms with van der Waals surface area (Å²) in [5, 5.41) is 8.58. The Labute approximate surface area is 158 Å². The third-order valence-corrected chi connectivity index (χ3v) is 6.32. The zero-order valence-electron chi connectivity index (χ0n) is 15.0. The van der Waals surface area contributed by atoms with E-state index < -0.39 is 28.0 Å². The van der Waals surface area contributed by atoms with E-state index in [2.05, 4.69) is 4.72 Å². The number of aliphatic carboxylic acids is 1. The first-order valence-corrected chi connectivity index (χ1v) is 10.5. The molecule has 0 radical (unpaired) electrons. The fraction of sp³-hybridized carbons (Fsp3) is 0.526. The first-order chi connectivity index (χ1) is 12.8. The van der Waals surface area contributed by atoms with Crippen LogP contribution >= 0.6 is 0 Å². The van der Waals surface area contributed by atoms with Gasteiger partial charge in [-0.3, -0.25) is 4.79 Å². The number of alkyl halides is 1. The summed E-state index contributed by atoms with van der Waals surface area (Å²) in [5.74, 6) is -1.73. The van der Waals surface area contributed by atoms with Crippen molar-refractivity contribution in [3.05, 3.63) is 42.2 Å². The van der Waals surface area contributed by atoms with Crippen LogP contribution in [0.5, 0.6) is 0 Å². The van der Waals surface area contributed by atoms with Crippen LogP contribution in [0.25, 0.3) is 0 Å². The van der Waals surface area contributed by atoms with Crippen molar-refractivity contribution in [2.24, 2.45) is 11.8 Å². The molecule has 0 aliphatic heterocycles. The third-order valence-electron chi connectivity index (χ3n) is 4.88. The Morgan fingerprint density at radius 3 is 2.59 bits per heavy atom. The largest absolute Gasteiger partial charge is 0.481 e. The van der Waals surface area contributed by atoms with Crippen molar-refractivity contribution in [2.45, 2.75) is 49.6 Å². The standard InChI is InChI=1S/C19H25F2NO4S/c20-15-8-10-16(11-9-15)27(25,26)22-13-14-7-12-18(21)17(14)5-3-1-2-4-6-19(23)24/h1,3,8-11,14,17-18,22H,2,4-7,12-13H2,(H,23,24)/b3-1-/t14-,17-,18-/m1/s1. The fourth-order valence-electron chi connectivity index (χ4n) is 3.35. The molecule has 1 aliphatic rings. The number of carboxylic acid groups (broad SMARTS) is 1. The van der Waals surface area contributed by atoms with Gasteiger partial charge in [-0.15, -0.1) is 0 Å². The molecule has 0 bridgehead atoms. The average Bonchev–Trinajstić information content (AvgIpc) is 2.96. The molecule has 1 aromatic carbocycles. The lowest BCUT2D eigenvalue weighted by molar-refractivity contribution is -0.137. The van der Waals surface area contributed by atoms with E-state index in [-0.39, 0.29) is 29.7 Å². The molecule has 1 aliphatic carbocycles. The Morgan fingerprint density at radius 1 is 1.22 bits per heavy atom. The normalized spacial score (nSPS) is 23.1. The van der Waals surface area contributed by atoms with Crippen LogP contribution < -0.4 is 4.72 Å². The molecule has 1 aromatic rings. The number of rotatable bonds is 10. The van der Waals surface area contributed by atoms with Crippen molar-refractivity contribution < 1.29 is 27.1 Å². The molecule has 3 atom stereocenters. The maximum absolute atomic E-state index is 14.2. The summed E-state index contributed by atoms with van der Waals surface area (Å²) in [6.45, 7) is 0.137. The predicted octanol–water partition coefficient (Wildman–Crippen LogP) is 3.67. The van der Waals surface area contributed by atoms with Gasteiger partial charge in [0.2, 0.25) is 10.0 Å². The van der Waals surface area contributed by atoms with E-state index in [1.54, 1.807) is 0 Å². The number of allylic oxidation sites excluding steroid dienone is 2. The van der Waals surface area contributed by atoms with Gasteiger partial charge in [0, 0.05) is 13.0 Å². The lowest BCUT2D eigenvalue weighted by atomic mass is 9.92. The van der Waals surface area contributed by atoms with E-state index in [1.165, 1.54) is 12.1 Å². The number of hydrogen-bond donors (Lipinski definition) is 2. The SMILES string of the molecule is O=C(O)CCC/C=C\C[C@@H]1[C@@H](CNS(=O)(=O)c2ccc(F)cc2)CC[C@H]1F. The van der Waals surface area contributed by atoms with E-state index in [0.29, 0.717) is 32.1 Å². The minimum absolute atomic E-state index is 0.0198. The van der Waals surface area contributed by atoms with E-state index in [4.69, 9.17) is 5.11 Å². The molecule has 150 valence electrons. The quantitative estimate of drug-likeness (QED) is 0.463. The number of unbranched alkanes of at least 4 members (excludes halogenated alkanes) is 1. The van der Waals surface area contributed by atoms with Crippen LogP contribution in [0.1, 0.15) is 38.5 Å². The second-order valence-corrected chi connectivity index (χ2v) is 8.58. The predicted molar refractivity (Wildman–Crippen MR) is 97.9 cm³/mol. The average molecular weight is 401 g/mol. The second kappa shape index (κ2) is 9.94. The highest BCUT2D eigenvalue weighted by Crippen LogP contribution is 2.36. The van der Waals surface area contributed by atoms with Gasteiger partial charge in [0.05, 0.1) is 4.90 Å². The molecule has 0 unspecified atom stereocenters. The van der Waals surface area contributed by atoms with Crippen molar-refractivity contribution in [1.82, 2.24) is 4.72 Å². The summed E-state index contributed by atoms with van der Waals surface area (Å²) in [7, 11) is -3.76. The Bertz CT molecular complexity index is 749. The van der Waals surface area contributed by atoms with E-state index >= 15 is 0 Å². The highest BCUT2D eigenvalue weighted by Gasteiger charge is 2.35. The first-order valence-electron chi connectivity index (χ1n) is 9.05. The van der Waals surface area contributed by atoms with E-state index in [1.807, 2.05) is 12.2 Å². The Balaban J connectivity index is 1.86. The van der Waals surface area contributed by atoms with E-state index in [0.717, 1.165) is 12.1 Å². The first kappa shape index (κ1) is 21.5. The minimum atomic E-state index is -3.76. The van der Waals surface area contributed by atoms with Gasteiger partial charge >= 0.3 is 5.97 Å². The van der Waals surface area contributed by atoms with Crippen LogP contribution in [-0.2, 0) is 14.8 Å². The Morgan fingerprint density at radius 2 is 1.93 bits per heavy atom. The molecule has 5 nitrogen and oxygen atoms in total. The van der Waals surface area contributed by atoms with Gasteiger partial charge in [0.25, 0.3) is 0 Å². The van der Waals surface area contributed by atoms with Gasteiger partial charge in [-0.2, -0.15) is 0 Å². The molecule has 1 fully saturated rings. The third kappa shape index (κ3) is 6.70.